The zero-order valence-electron chi connectivity index (χ0n) is 10.2. The van der Waals surface area contributed by atoms with Gasteiger partial charge in [0.05, 0.1) is 5.52 Å². The molecule has 0 aliphatic heterocycles. The van der Waals surface area contributed by atoms with Crippen LogP contribution < -0.4 is 5.56 Å². The first-order valence-corrected chi connectivity index (χ1v) is 5.50. The molecular formula is C14H17NO. The van der Waals surface area contributed by atoms with E-state index in [1.807, 2.05) is 37.4 Å². The fourth-order valence-electron chi connectivity index (χ4n) is 1.96. The average Bonchev–Trinajstić information content (AvgIpc) is 2.22. The number of rotatable bonds is 0. The Morgan fingerprint density at radius 1 is 1.12 bits per heavy atom. The first kappa shape index (κ1) is 10.9. The van der Waals surface area contributed by atoms with Gasteiger partial charge in [-0.15, -0.1) is 0 Å². The van der Waals surface area contributed by atoms with Crippen LogP contribution in [0.5, 0.6) is 0 Å². The molecule has 0 amide bonds. The summed E-state index contributed by atoms with van der Waals surface area (Å²) < 4.78 is 1.73. The Balaban J connectivity index is 2.90. The Morgan fingerprint density at radius 2 is 1.75 bits per heavy atom. The van der Waals surface area contributed by atoms with Crippen LogP contribution in [0.4, 0.5) is 0 Å². The number of hydrogen-bond donors (Lipinski definition) is 0. The van der Waals surface area contributed by atoms with Crippen LogP contribution in [0.2, 0.25) is 0 Å². The van der Waals surface area contributed by atoms with Gasteiger partial charge in [-0.25, -0.2) is 0 Å². The van der Waals surface area contributed by atoms with Crippen molar-refractivity contribution in [3.05, 3.63) is 46.2 Å². The van der Waals surface area contributed by atoms with Crippen LogP contribution in [0.25, 0.3) is 10.9 Å². The Morgan fingerprint density at radius 3 is 2.38 bits per heavy atom. The van der Waals surface area contributed by atoms with E-state index in [9.17, 15) is 4.79 Å². The lowest BCUT2D eigenvalue weighted by Crippen LogP contribution is -2.29. The molecule has 1 aromatic carbocycles. The molecule has 0 aliphatic rings. The minimum absolute atomic E-state index is 0.103. The van der Waals surface area contributed by atoms with E-state index < -0.39 is 0 Å². The van der Waals surface area contributed by atoms with Crippen LogP contribution in [-0.2, 0) is 12.5 Å². The molecule has 0 N–H and O–H groups in total. The van der Waals surface area contributed by atoms with Crippen LogP contribution in [0.15, 0.2) is 35.1 Å². The lowest BCUT2D eigenvalue weighted by molar-refractivity contribution is 0.576. The molecule has 2 rings (SSSR count). The Bertz CT molecular complexity index is 588. The molecule has 0 unspecified atom stereocenters. The van der Waals surface area contributed by atoms with Gasteiger partial charge < -0.3 is 4.57 Å². The van der Waals surface area contributed by atoms with Gasteiger partial charge in [-0.05, 0) is 22.9 Å². The third-order valence-corrected chi connectivity index (χ3v) is 2.94. The molecule has 0 fully saturated rings. The van der Waals surface area contributed by atoms with Gasteiger partial charge in [-0.3, -0.25) is 4.79 Å². The SMILES string of the molecule is Cn1c(=O)c(C(C)(C)C)cc2ccccc21. The quantitative estimate of drug-likeness (QED) is 0.662. The van der Waals surface area contributed by atoms with Gasteiger partial charge in [0.15, 0.2) is 0 Å². The van der Waals surface area contributed by atoms with E-state index in [1.165, 1.54) is 0 Å². The van der Waals surface area contributed by atoms with Crippen molar-refractivity contribution in [3.8, 4) is 0 Å². The highest BCUT2D eigenvalue weighted by Crippen LogP contribution is 2.22. The number of nitrogens with zero attached hydrogens (tertiary/aromatic N) is 1. The highest BCUT2D eigenvalue weighted by atomic mass is 16.1. The number of aromatic nitrogens is 1. The van der Waals surface area contributed by atoms with E-state index in [0.717, 1.165) is 16.5 Å². The summed E-state index contributed by atoms with van der Waals surface area (Å²) in [7, 11) is 1.83. The van der Waals surface area contributed by atoms with Crippen molar-refractivity contribution < 1.29 is 0 Å². The first-order chi connectivity index (χ1) is 7.41. The molecule has 0 saturated carbocycles. The van der Waals surface area contributed by atoms with Gasteiger partial charge in [0, 0.05) is 12.6 Å². The molecule has 0 spiro atoms. The maximum absolute atomic E-state index is 12.2. The normalized spacial score (nSPS) is 12.0. The van der Waals surface area contributed by atoms with Crippen molar-refractivity contribution in [1.29, 1.82) is 0 Å². The molecule has 84 valence electrons. The zero-order chi connectivity index (χ0) is 11.9. The molecule has 2 aromatic rings. The highest BCUT2D eigenvalue weighted by Gasteiger charge is 2.19. The summed E-state index contributed by atoms with van der Waals surface area (Å²) in [6, 6.07) is 9.99. The molecule has 0 atom stereocenters. The monoisotopic (exact) mass is 215 g/mol. The van der Waals surface area contributed by atoms with E-state index in [2.05, 4.69) is 20.8 Å². The lowest BCUT2D eigenvalue weighted by atomic mass is 9.87. The standard InChI is InChI=1S/C14H17NO/c1-14(2,3)11-9-10-7-5-6-8-12(10)15(4)13(11)16/h5-9H,1-4H3. The van der Waals surface area contributed by atoms with E-state index in [0.29, 0.717) is 0 Å². The van der Waals surface area contributed by atoms with Gasteiger partial charge in [0.1, 0.15) is 0 Å². The summed E-state index contributed by atoms with van der Waals surface area (Å²) in [5.41, 5.74) is 1.85. The van der Waals surface area contributed by atoms with Gasteiger partial charge >= 0.3 is 0 Å². The number of aryl methyl sites for hydroxylation is 1. The first-order valence-electron chi connectivity index (χ1n) is 5.50. The van der Waals surface area contributed by atoms with E-state index >= 15 is 0 Å². The second kappa shape index (κ2) is 3.48. The largest absolute Gasteiger partial charge is 0.311 e. The van der Waals surface area contributed by atoms with Crippen molar-refractivity contribution >= 4 is 10.9 Å². The molecule has 16 heavy (non-hydrogen) atoms. The number of para-hydroxylation sites is 1. The summed E-state index contributed by atoms with van der Waals surface area (Å²) >= 11 is 0. The fraction of sp³-hybridized carbons (Fsp3) is 0.357. The van der Waals surface area contributed by atoms with Crippen molar-refractivity contribution in [2.24, 2.45) is 7.05 Å². The zero-order valence-corrected chi connectivity index (χ0v) is 10.2. The summed E-state index contributed by atoms with van der Waals surface area (Å²) in [6.45, 7) is 6.20. The second-order valence-corrected chi connectivity index (χ2v) is 5.23. The van der Waals surface area contributed by atoms with Gasteiger partial charge in [0.2, 0.25) is 0 Å². The molecule has 0 saturated heterocycles. The Kier molecular flexibility index (Phi) is 2.38. The maximum atomic E-state index is 12.2. The molecule has 1 aromatic heterocycles. The number of benzene rings is 1. The third kappa shape index (κ3) is 1.64. The molecular weight excluding hydrogens is 198 g/mol. The summed E-state index contributed by atoms with van der Waals surface area (Å²) in [4.78, 5) is 12.2. The Hall–Kier alpha value is -1.57. The predicted molar refractivity (Wildman–Crippen MR) is 67.9 cm³/mol. The smallest absolute Gasteiger partial charge is 0.254 e. The Labute approximate surface area is 95.5 Å². The van der Waals surface area contributed by atoms with Gasteiger partial charge in [0.25, 0.3) is 5.56 Å². The molecule has 0 aliphatic carbocycles. The maximum Gasteiger partial charge on any atom is 0.254 e. The van der Waals surface area contributed by atoms with Crippen molar-refractivity contribution in [1.82, 2.24) is 4.57 Å². The van der Waals surface area contributed by atoms with Crippen LogP contribution >= 0.6 is 0 Å². The molecule has 2 nitrogen and oxygen atoms in total. The van der Waals surface area contributed by atoms with E-state index in [1.54, 1.807) is 4.57 Å². The minimum atomic E-state index is -0.112. The van der Waals surface area contributed by atoms with Crippen LogP contribution in [0, 0.1) is 0 Å². The second-order valence-electron chi connectivity index (χ2n) is 5.23. The van der Waals surface area contributed by atoms with Crippen LogP contribution in [0.1, 0.15) is 26.3 Å². The third-order valence-electron chi connectivity index (χ3n) is 2.94. The highest BCUT2D eigenvalue weighted by molar-refractivity contribution is 5.79. The molecule has 0 radical (unpaired) electrons. The van der Waals surface area contributed by atoms with Crippen molar-refractivity contribution in [2.75, 3.05) is 0 Å². The van der Waals surface area contributed by atoms with Crippen LogP contribution in [-0.4, -0.2) is 4.57 Å². The predicted octanol–water partition coefficient (Wildman–Crippen LogP) is 2.84. The number of pyridine rings is 1. The summed E-state index contributed by atoms with van der Waals surface area (Å²) in [5.74, 6) is 0. The molecule has 2 heteroatoms. The van der Waals surface area contributed by atoms with E-state index in [-0.39, 0.29) is 11.0 Å². The van der Waals surface area contributed by atoms with Crippen LogP contribution in [0.3, 0.4) is 0 Å². The molecule has 1 heterocycles. The lowest BCUT2D eigenvalue weighted by Gasteiger charge is -2.20. The van der Waals surface area contributed by atoms with Crippen molar-refractivity contribution in [2.45, 2.75) is 26.2 Å². The number of fused-ring (bicyclic) bond motifs is 1. The minimum Gasteiger partial charge on any atom is -0.311 e. The topological polar surface area (TPSA) is 22.0 Å². The summed E-state index contributed by atoms with van der Waals surface area (Å²) in [6.07, 6.45) is 0. The van der Waals surface area contributed by atoms with E-state index in [4.69, 9.17) is 0 Å². The molecule has 0 bridgehead atoms. The van der Waals surface area contributed by atoms with Crippen molar-refractivity contribution in [3.63, 3.8) is 0 Å². The summed E-state index contributed by atoms with van der Waals surface area (Å²) in [5, 5.41) is 1.12. The number of hydrogen-bond acceptors (Lipinski definition) is 1. The van der Waals surface area contributed by atoms with Gasteiger partial charge in [-0.1, -0.05) is 39.0 Å². The van der Waals surface area contributed by atoms with Gasteiger partial charge in [-0.2, -0.15) is 0 Å². The fourth-order valence-corrected chi connectivity index (χ4v) is 1.96. The average molecular weight is 215 g/mol.